The fraction of sp³-hybridized carbons (Fsp3) is 0.353. The van der Waals surface area contributed by atoms with E-state index in [0.29, 0.717) is 6.04 Å². The Kier molecular flexibility index (Phi) is 3.33. The van der Waals surface area contributed by atoms with Gasteiger partial charge in [0.15, 0.2) is 0 Å². The summed E-state index contributed by atoms with van der Waals surface area (Å²) in [6.07, 6.45) is 5.47. The van der Waals surface area contributed by atoms with E-state index in [2.05, 4.69) is 42.1 Å². The van der Waals surface area contributed by atoms with E-state index in [1.807, 2.05) is 18.2 Å². The number of H-pyrrole nitrogens is 1. The zero-order valence-corrected chi connectivity index (χ0v) is 12.0. The molecule has 0 fully saturated rings. The van der Waals surface area contributed by atoms with Gasteiger partial charge in [-0.3, -0.25) is 4.90 Å². The van der Waals surface area contributed by atoms with Gasteiger partial charge < -0.3 is 4.98 Å². The third-order valence-electron chi connectivity index (χ3n) is 4.13. The van der Waals surface area contributed by atoms with Crippen molar-refractivity contribution in [3.8, 4) is 6.07 Å². The van der Waals surface area contributed by atoms with E-state index in [4.69, 9.17) is 5.26 Å². The number of nitrogens with zero attached hydrogens (tertiary/aromatic N) is 2. The van der Waals surface area contributed by atoms with Crippen LogP contribution in [0, 0.1) is 11.3 Å². The maximum Gasteiger partial charge on any atom is 0.0991 e. The van der Waals surface area contributed by atoms with Crippen LogP contribution in [0.25, 0.3) is 16.5 Å². The van der Waals surface area contributed by atoms with Gasteiger partial charge in [-0.15, -0.1) is 0 Å². The lowest BCUT2D eigenvalue weighted by atomic mass is 9.97. The van der Waals surface area contributed by atoms with Gasteiger partial charge in [0.25, 0.3) is 0 Å². The van der Waals surface area contributed by atoms with Crippen LogP contribution in [0.4, 0.5) is 0 Å². The van der Waals surface area contributed by atoms with Gasteiger partial charge in [-0.05, 0) is 44.0 Å². The average molecular weight is 265 g/mol. The van der Waals surface area contributed by atoms with Crippen LogP contribution in [0.2, 0.25) is 0 Å². The number of aromatic nitrogens is 1. The van der Waals surface area contributed by atoms with Crippen molar-refractivity contribution in [2.45, 2.75) is 26.3 Å². The second kappa shape index (κ2) is 5.15. The van der Waals surface area contributed by atoms with Gasteiger partial charge in [0.05, 0.1) is 11.6 Å². The van der Waals surface area contributed by atoms with Crippen LogP contribution in [0.5, 0.6) is 0 Å². The summed E-state index contributed by atoms with van der Waals surface area (Å²) in [6.45, 7) is 6.60. The van der Waals surface area contributed by atoms with Crippen LogP contribution in [0.1, 0.15) is 31.4 Å². The van der Waals surface area contributed by atoms with Gasteiger partial charge in [0.1, 0.15) is 0 Å². The van der Waals surface area contributed by atoms with Crippen LogP contribution in [0.3, 0.4) is 0 Å². The SMILES string of the molecule is CC(C)N1CC=C(c2c[nH]c3ccc(C#N)cc23)CC1. The van der Waals surface area contributed by atoms with E-state index >= 15 is 0 Å². The van der Waals surface area contributed by atoms with E-state index in [9.17, 15) is 0 Å². The van der Waals surface area contributed by atoms with E-state index in [1.165, 1.54) is 11.1 Å². The molecule has 3 rings (SSSR count). The molecule has 1 N–H and O–H groups in total. The highest BCUT2D eigenvalue weighted by atomic mass is 15.1. The Morgan fingerprint density at radius 3 is 2.85 bits per heavy atom. The normalized spacial score (nSPS) is 16.4. The third-order valence-corrected chi connectivity index (χ3v) is 4.13. The number of hydrogen-bond donors (Lipinski definition) is 1. The van der Waals surface area contributed by atoms with Crippen LogP contribution in [0.15, 0.2) is 30.5 Å². The van der Waals surface area contributed by atoms with Gasteiger partial charge in [-0.2, -0.15) is 5.26 Å². The standard InChI is InChI=1S/C17H19N3/c1-12(2)20-7-5-14(6-8-20)16-11-19-17-4-3-13(10-18)9-15(16)17/h3-5,9,11-12,19H,6-8H2,1-2H3. The Balaban J connectivity index is 1.97. The molecule has 1 aromatic heterocycles. The molecule has 0 atom stereocenters. The predicted octanol–water partition coefficient (Wildman–Crippen LogP) is 3.54. The highest BCUT2D eigenvalue weighted by molar-refractivity contribution is 5.93. The number of benzene rings is 1. The van der Waals surface area contributed by atoms with E-state index in [0.717, 1.165) is 36.0 Å². The fourth-order valence-corrected chi connectivity index (χ4v) is 2.85. The zero-order chi connectivity index (χ0) is 14.1. The molecule has 1 aromatic carbocycles. The Morgan fingerprint density at radius 2 is 2.20 bits per heavy atom. The first-order valence-corrected chi connectivity index (χ1v) is 7.13. The molecule has 0 amide bonds. The van der Waals surface area contributed by atoms with Crippen LogP contribution >= 0.6 is 0 Å². The molecule has 2 heterocycles. The van der Waals surface area contributed by atoms with E-state index in [-0.39, 0.29) is 0 Å². The summed E-state index contributed by atoms with van der Waals surface area (Å²) in [5, 5.41) is 10.2. The highest BCUT2D eigenvalue weighted by Gasteiger charge is 2.17. The highest BCUT2D eigenvalue weighted by Crippen LogP contribution is 2.30. The Bertz CT molecular complexity index is 701. The largest absolute Gasteiger partial charge is 0.361 e. The Morgan fingerprint density at radius 1 is 1.35 bits per heavy atom. The molecule has 0 bridgehead atoms. The molecule has 3 heteroatoms. The molecule has 0 unspecified atom stereocenters. The lowest BCUT2D eigenvalue weighted by molar-refractivity contribution is 0.245. The van der Waals surface area contributed by atoms with Crippen molar-refractivity contribution in [2.24, 2.45) is 0 Å². The summed E-state index contributed by atoms with van der Waals surface area (Å²) in [5.41, 5.74) is 4.47. The summed E-state index contributed by atoms with van der Waals surface area (Å²) in [5.74, 6) is 0. The molecule has 2 aromatic rings. The van der Waals surface area contributed by atoms with Gasteiger partial charge in [-0.25, -0.2) is 0 Å². The van der Waals surface area contributed by atoms with Gasteiger partial charge in [-0.1, -0.05) is 6.08 Å². The molecule has 1 aliphatic heterocycles. The van der Waals surface area contributed by atoms with Crippen molar-refractivity contribution in [2.75, 3.05) is 13.1 Å². The third kappa shape index (κ3) is 2.23. The van der Waals surface area contributed by atoms with Crippen molar-refractivity contribution >= 4 is 16.5 Å². The number of nitrogens with one attached hydrogen (secondary N) is 1. The van der Waals surface area contributed by atoms with E-state index in [1.54, 1.807) is 0 Å². The number of fused-ring (bicyclic) bond motifs is 1. The quantitative estimate of drug-likeness (QED) is 0.902. The van der Waals surface area contributed by atoms with Crippen LogP contribution in [-0.4, -0.2) is 29.0 Å². The van der Waals surface area contributed by atoms with Gasteiger partial charge >= 0.3 is 0 Å². The predicted molar refractivity (Wildman–Crippen MR) is 82.3 cm³/mol. The summed E-state index contributed by atoms with van der Waals surface area (Å²) in [6, 6.07) is 8.65. The molecular formula is C17H19N3. The summed E-state index contributed by atoms with van der Waals surface area (Å²) >= 11 is 0. The van der Waals surface area contributed by atoms with Crippen molar-refractivity contribution in [3.63, 3.8) is 0 Å². The zero-order valence-electron chi connectivity index (χ0n) is 12.0. The number of nitriles is 1. The van der Waals surface area contributed by atoms with Crippen LogP contribution in [-0.2, 0) is 0 Å². The Hall–Kier alpha value is -2.05. The number of aromatic amines is 1. The molecule has 20 heavy (non-hydrogen) atoms. The summed E-state index contributed by atoms with van der Waals surface area (Å²) in [7, 11) is 0. The molecule has 1 aliphatic rings. The van der Waals surface area contributed by atoms with Crippen molar-refractivity contribution < 1.29 is 0 Å². The summed E-state index contributed by atoms with van der Waals surface area (Å²) < 4.78 is 0. The molecule has 3 nitrogen and oxygen atoms in total. The van der Waals surface area contributed by atoms with E-state index < -0.39 is 0 Å². The molecule has 0 saturated carbocycles. The molecule has 0 spiro atoms. The fourth-order valence-electron chi connectivity index (χ4n) is 2.85. The summed E-state index contributed by atoms with van der Waals surface area (Å²) in [4.78, 5) is 5.78. The molecule has 0 radical (unpaired) electrons. The maximum atomic E-state index is 9.05. The average Bonchev–Trinajstić information content (AvgIpc) is 2.90. The molecule has 0 aliphatic carbocycles. The first-order valence-electron chi connectivity index (χ1n) is 7.13. The second-order valence-corrected chi connectivity index (χ2v) is 5.64. The van der Waals surface area contributed by atoms with Gasteiger partial charge in [0.2, 0.25) is 0 Å². The van der Waals surface area contributed by atoms with Crippen molar-refractivity contribution in [1.82, 2.24) is 9.88 Å². The first-order chi connectivity index (χ1) is 9.69. The molecule has 0 saturated heterocycles. The van der Waals surface area contributed by atoms with Crippen molar-refractivity contribution in [3.05, 3.63) is 41.6 Å². The minimum Gasteiger partial charge on any atom is -0.361 e. The second-order valence-electron chi connectivity index (χ2n) is 5.64. The van der Waals surface area contributed by atoms with Crippen LogP contribution < -0.4 is 0 Å². The maximum absolute atomic E-state index is 9.05. The number of hydrogen-bond acceptors (Lipinski definition) is 2. The van der Waals surface area contributed by atoms with Crippen molar-refractivity contribution in [1.29, 1.82) is 5.26 Å². The minimum atomic E-state index is 0.598. The monoisotopic (exact) mass is 265 g/mol. The number of rotatable bonds is 2. The smallest absolute Gasteiger partial charge is 0.0991 e. The molecule has 102 valence electrons. The van der Waals surface area contributed by atoms with Gasteiger partial charge in [0, 0.05) is 41.8 Å². The lowest BCUT2D eigenvalue weighted by Crippen LogP contribution is -2.34. The minimum absolute atomic E-state index is 0.598. The first kappa shape index (κ1) is 13.0. The lowest BCUT2D eigenvalue weighted by Gasteiger charge is -2.29. The topological polar surface area (TPSA) is 42.8 Å². The molecular weight excluding hydrogens is 246 g/mol. The Labute approximate surface area is 119 Å².